The second-order valence-corrected chi connectivity index (χ2v) is 8.54. The van der Waals surface area contributed by atoms with Crippen LogP contribution < -0.4 is 5.32 Å². The summed E-state index contributed by atoms with van der Waals surface area (Å²) in [6.45, 7) is 6.26. The van der Waals surface area contributed by atoms with Crippen molar-refractivity contribution in [2.24, 2.45) is 17.8 Å². The molecule has 7 heteroatoms. The molecule has 1 saturated carbocycles. The minimum Gasteiger partial charge on any atom is -0.452 e. The summed E-state index contributed by atoms with van der Waals surface area (Å²) in [7, 11) is 0. The van der Waals surface area contributed by atoms with E-state index in [1.165, 1.54) is 13.3 Å². The molecule has 7 nitrogen and oxygen atoms in total. The van der Waals surface area contributed by atoms with Gasteiger partial charge < -0.3 is 15.0 Å². The van der Waals surface area contributed by atoms with Gasteiger partial charge in [0.25, 0.3) is 5.91 Å². The zero-order valence-corrected chi connectivity index (χ0v) is 17.8. The Morgan fingerprint density at radius 1 is 1.30 bits per heavy atom. The number of nitriles is 1. The third-order valence-electron chi connectivity index (χ3n) is 6.48. The van der Waals surface area contributed by atoms with Gasteiger partial charge in [0.1, 0.15) is 0 Å². The Morgan fingerprint density at radius 3 is 2.80 bits per heavy atom. The number of benzene rings is 1. The molecule has 1 saturated heterocycles. The second kappa shape index (κ2) is 9.29. The molecule has 1 aromatic rings. The maximum absolute atomic E-state index is 12.6. The van der Waals surface area contributed by atoms with E-state index in [9.17, 15) is 14.4 Å². The van der Waals surface area contributed by atoms with Gasteiger partial charge in [-0.3, -0.25) is 14.4 Å². The van der Waals surface area contributed by atoms with E-state index in [4.69, 9.17) is 10.00 Å². The van der Waals surface area contributed by atoms with Crippen LogP contribution in [0.25, 0.3) is 0 Å². The first-order valence-corrected chi connectivity index (χ1v) is 10.6. The van der Waals surface area contributed by atoms with Crippen LogP contribution in [0.2, 0.25) is 0 Å². The van der Waals surface area contributed by atoms with Gasteiger partial charge in [-0.25, -0.2) is 0 Å². The number of nitrogens with zero attached hydrogens (tertiary/aromatic N) is 2. The van der Waals surface area contributed by atoms with E-state index in [0.29, 0.717) is 29.6 Å². The number of carbonyl (C=O) groups excluding carboxylic acids is 3. The van der Waals surface area contributed by atoms with Crippen molar-refractivity contribution in [2.45, 2.75) is 58.6 Å². The maximum Gasteiger partial charge on any atom is 0.312 e. The fraction of sp³-hybridized carbons (Fsp3) is 0.565. The lowest BCUT2D eigenvalue weighted by Gasteiger charge is -2.39. The largest absolute Gasteiger partial charge is 0.452 e. The topological polar surface area (TPSA) is 99.5 Å². The van der Waals surface area contributed by atoms with E-state index >= 15 is 0 Å². The SMILES string of the molecule is C[C@@H]1[C@@H](C)CCC[C@@H]1N1C[C@H](C(=O)O[C@@H](C)C(=O)Nc2cccc(C#N)c2)CC1=O. The van der Waals surface area contributed by atoms with Crippen LogP contribution in [0.15, 0.2) is 24.3 Å². The summed E-state index contributed by atoms with van der Waals surface area (Å²) in [4.78, 5) is 39.4. The number of esters is 1. The van der Waals surface area contributed by atoms with Gasteiger partial charge in [-0.2, -0.15) is 5.26 Å². The Labute approximate surface area is 177 Å². The number of nitrogens with one attached hydrogen (secondary N) is 1. The van der Waals surface area contributed by atoms with Crippen molar-refractivity contribution in [1.82, 2.24) is 4.90 Å². The van der Waals surface area contributed by atoms with Crippen molar-refractivity contribution in [1.29, 1.82) is 5.26 Å². The predicted molar refractivity (Wildman–Crippen MR) is 111 cm³/mol. The summed E-state index contributed by atoms with van der Waals surface area (Å²) >= 11 is 0. The molecule has 0 spiro atoms. The smallest absolute Gasteiger partial charge is 0.312 e. The van der Waals surface area contributed by atoms with Crippen LogP contribution in [0, 0.1) is 29.1 Å². The summed E-state index contributed by atoms with van der Waals surface area (Å²) in [5.41, 5.74) is 0.887. The van der Waals surface area contributed by atoms with Gasteiger partial charge in [0.15, 0.2) is 6.10 Å². The number of anilines is 1. The molecule has 0 aromatic heterocycles. The first-order valence-electron chi connectivity index (χ1n) is 10.6. The average Bonchev–Trinajstić information content (AvgIpc) is 3.11. The Bertz CT molecular complexity index is 862. The standard InChI is InChI=1S/C23H29N3O4/c1-14-6-4-9-20(15(14)2)26-13-18(11-21(26)27)23(29)30-16(3)22(28)25-19-8-5-7-17(10-19)12-24/h5,7-8,10,14-16,18,20H,4,6,9,11,13H2,1-3H3,(H,25,28)/t14-,15+,16-,18+,20-/m0/s1. The molecule has 1 heterocycles. The molecule has 30 heavy (non-hydrogen) atoms. The fourth-order valence-electron chi connectivity index (χ4n) is 4.44. The third-order valence-corrected chi connectivity index (χ3v) is 6.48. The maximum atomic E-state index is 12.6. The zero-order valence-electron chi connectivity index (χ0n) is 17.8. The Hall–Kier alpha value is -2.88. The zero-order chi connectivity index (χ0) is 21.8. The van der Waals surface area contributed by atoms with Crippen molar-refractivity contribution < 1.29 is 19.1 Å². The number of hydrogen-bond donors (Lipinski definition) is 1. The summed E-state index contributed by atoms with van der Waals surface area (Å²) in [5, 5.41) is 11.6. The summed E-state index contributed by atoms with van der Waals surface area (Å²) < 4.78 is 5.36. The molecule has 2 amide bonds. The summed E-state index contributed by atoms with van der Waals surface area (Å²) in [6, 6.07) is 8.69. The molecule has 1 aromatic carbocycles. The highest BCUT2D eigenvalue weighted by molar-refractivity contribution is 5.96. The van der Waals surface area contributed by atoms with Crippen molar-refractivity contribution in [2.75, 3.05) is 11.9 Å². The lowest BCUT2D eigenvalue weighted by atomic mass is 9.77. The van der Waals surface area contributed by atoms with E-state index in [-0.39, 0.29) is 18.4 Å². The molecular formula is C23H29N3O4. The molecule has 1 aliphatic heterocycles. The summed E-state index contributed by atoms with van der Waals surface area (Å²) in [5.74, 6) is -0.574. The molecule has 5 atom stereocenters. The second-order valence-electron chi connectivity index (χ2n) is 8.54. The van der Waals surface area contributed by atoms with Crippen LogP contribution in [0.3, 0.4) is 0 Å². The predicted octanol–water partition coefficient (Wildman–Crippen LogP) is 3.10. The van der Waals surface area contributed by atoms with Crippen molar-refractivity contribution in [3.63, 3.8) is 0 Å². The van der Waals surface area contributed by atoms with Gasteiger partial charge in [0.05, 0.1) is 17.6 Å². The molecular weight excluding hydrogens is 382 g/mol. The summed E-state index contributed by atoms with van der Waals surface area (Å²) in [6.07, 6.45) is 2.38. The van der Waals surface area contributed by atoms with Crippen LogP contribution in [0.1, 0.15) is 52.0 Å². The number of hydrogen-bond acceptors (Lipinski definition) is 5. The average molecular weight is 412 g/mol. The van der Waals surface area contributed by atoms with E-state index in [1.54, 1.807) is 24.3 Å². The lowest BCUT2D eigenvalue weighted by Crippen LogP contribution is -2.45. The number of likely N-dealkylation sites (tertiary alicyclic amines) is 1. The van der Waals surface area contributed by atoms with Crippen molar-refractivity contribution in [3.05, 3.63) is 29.8 Å². The van der Waals surface area contributed by atoms with E-state index in [2.05, 4.69) is 19.2 Å². The first-order chi connectivity index (χ1) is 14.3. The quantitative estimate of drug-likeness (QED) is 0.751. The van der Waals surface area contributed by atoms with E-state index in [1.807, 2.05) is 11.0 Å². The van der Waals surface area contributed by atoms with Crippen LogP contribution in [-0.4, -0.2) is 41.4 Å². The molecule has 160 valence electrons. The van der Waals surface area contributed by atoms with Gasteiger partial charge >= 0.3 is 5.97 Å². The molecule has 1 aliphatic carbocycles. The minimum atomic E-state index is -0.999. The molecule has 2 fully saturated rings. The van der Waals surface area contributed by atoms with Crippen molar-refractivity contribution >= 4 is 23.5 Å². The Kier molecular flexibility index (Phi) is 6.76. The number of rotatable bonds is 5. The van der Waals surface area contributed by atoms with Gasteiger partial charge in [0, 0.05) is 24.7 Å². The van der Waals surface area contributed by atoms with Gasteiger partial charge in [-0.15, -0.1) is 0 Å². The number of carbonyl (C=O) groups is 3. The normalized spacial score (nSPS) is 27.3. The van der Waals surface area contributed by atoms with E-state index in [0.717, 1.165) is 12.8 Å². The number of ether oxygens (including phenoxy) is 1. The lowest BCUT2D eigenvalue weighted by molar-refractivity contribution is -0.157. The highest BCUT2D eigenvalue weighted by atomic mass is 16.5. The Balaban J connectivity index is 1.55. The molecule has 3 rings (SSSR count). The fourth-order valence-corrected chi connectivity index (χ4v) is 4.44. The number of amides is 2. The van der Waals surface area contributed by atoms with Crippen LogP contribution >= 0.6 is 0 Å². The van der Waals surface area contributed by atoms with Gasteiger partial charge in [-0.05, 0) is 43.4 Å². The first kappa shape index (κ1) is 21.8. The van der Waals surface area contributed by atoms with Crippen LogP contribution in [0.5, 0.6) is 0 Å². The molecule has 2 aliphatic rings. The highest BCUT2D eigenvalue weighted by Gasteiger charge is 2.42. The molecule has 1 N–H and O–H groups in total. The third kappa shape index (κ3) is 4.81. The molecule has 0 unspecified atom stereocenters. The van der Waals surface area contributed by atoms with Gasteiger partial charge in [0.2, 0.25) is 5.91 Å². The van der Waals surface area contributed by atoms with Crippen LogP contribution in [-0.2, 0) is 19.1 Å². The van der Waals surface area contributed by atoms with E-state index < -0.39 is 23.9 Å². The molecule has 0 bridgehead atoms. The van der Waals surface area contributed by atoms with Crippen LogP contribution in [0.4, 0.5) is 5.69 Å². The van der Waals surface area contributed by atoms with Gasteiger partial charge in [-0.1, -0.05) is 32.8 Å². The molecule has 0 radical (unpaired) electrons. The Morgan fingerprint density at radius 2 is 2.07 bits per heavy atom. The minimum absolute atomic E-state index is 0.00618. The highest BCUT2D eigenvalue weighted by Crippen LogP contribution is 2.36. The van der Waals surface area contributed by atoms with Crippen molar-refractivity contribution in [3.8, 4) is 6.07 Å². The monoisotopic (exact) mass is 411 g/mol.